The summed E-state index contributed by atoms with van der Waals surface area (Å²) in [5, 5.41) is 20.1. The molecule has 0 heterocycles. The number of aliphatic hydroxyl groups excluding tert-OH is 1. The van der Waals surface area contributed by atoms with E-state index in [1.54, 1.807) is 0 Å². The molecule has 2 aromatic rings. The monoisotopic (exact) mass is 265 g/mol. The zero-order valence-corrected chi connectivity index (χ0v) is 12.1. The number of nitrogens with zero attached hydrogens (tertiary/aromatic N) is 1. The van der Waals surface area contributed by atoms with Gasteiger partial charge in [0.15, 0.2) is 0 Å². The molecule has 0 bridgehead atoms. The molecule has 0 aliphatic rings. The maximum atomic E-state index is 10.7. The van der Waals surface area contributed by atoms with Crippen molar-refractivity contribution in [2.45, 2.75) is 32.8 Å². The van der Waals surface area contributed by atoms with Crippen molar-refractivity contribution in [1.29, 1.82) is 5.26 Å². The molecule has 2 rings (SSSR count). The molecule has 0 aromatic heterocycles. The topological polar surface area (TPSA) is 44.0 Å². The van der Waals surface area contributed by atoms with E-state index in [-0.39, 0.29) is 0 Å². The summed E-state index contributed by atoms with van der Waals surface area (Å²) in [4.78, 5) is 0. The average molecular weight is 265 g/mol. The number of hydrogen-bond donors (Lipinski definition) is 1. The van der Waals surface area contributed by atoms with E-state index in [9.17, 15) is 10.4 Å². The molecule has 0 spiro atoms. The summed E-state index contributed by atoms with van der Waals surface area (Å²) in [5.74, 6) is -0.545. The van der Waals surface area contributed by atoms with Crippen molar-refractivity contribution in [2.24, 2.45) is 0 Å². The third-order valence-corrected chi connectivity index (χ3v) is 3.65. The minimum Gasteiger partial charge on any atom is -0.387 e. The third-order valence-electron chi connectivity index (χ3n) is 3.65. The van der Waals surface area contributed by atoms with Crippen LogP contribution in [0, 0.1) is 32.1 Å². The highest BCUT2D eigenvalue weighted by Gasteiger charge is 2.25. The van der Waals surface area contributed by atoms with Gasteiger partial charge in [-0.1, -0.05) is 48.0 Å². The van der Waals surface area contributed by atoms with Crippen LogP contribution in [0.2, 0.25) is 0 Å². The largest absolute Gasteiger partial charge is 0.387 e. The van der Waals surface area contributed by atoms with Crippen molar-refractivity contribution in [3.8, 4) is 6.07 Å². The molecule has 2 atom stereocenters. The predicted molar refractivity (Wildman–Crippen MR) is 80.4 cm³/mol. The van der Waals surface area contributed by atoms with Crippen LogP contribution in [0.4, 0.5) is 0 Å². The highest BCUT2D eigenvalue weighted by atomic mass is 16.3. The van der Waals surface area contributed by atoms with Gasteiger partial charge in [0.25, 0.3) is 0 Å². The van der Waals surface area contributed by atoms with Crippen LogP contribution in [0.1, 0.15) is 39.8 Å². The van der Waals surface area contributed by atoms with Crippen molar-refractivity contribution in [3.63, 3.8) is 0 Å². The van der Waals surface area contributed by atoms with Gasteiger partial charge in [-0.05, 0) is 43.0 Å². The van der Waals surface area contributed by atoms with E-state index in [4.69, 9.17) is 0 Å². The van der Waals surface area contributed by atoms with Gasteiger partial charge in [0.05, 0.1) is 12.2 Å². The molecule has 102 valence electrons. The zero-order chi connectivity index (χ0) is 14.7. The fraction of sp³-hybridized carbons (Fsp3) is 0.278. The van der Waals surface area contributed by atoms with Crippen molar-refractivity contribution in [3.05, 3.63) is 70.3 Å². The molecule has 20 heavy (non-hydrogen) atoms. The molecular weight excluding hydrogens is 246 g/mol. The fourth-order valence-electron chi connectivity index (χ4n) is 2.81. The summed E-state index contributed by atoms with van der Waals surface area (Å²) in [7, 11) is 0. The highest BCUT2D eigenvalue weighted by molar-refractivity contribution is 5.42. The van der Waals surface area contributed by atoms with Gasteiger partial charge in [-0.3, -0.25) is 0 Å². The van der Waals surface area contributed by atoms with Crippen molar-refractivity contribution >= 4 is 0 Å². The van der Waals surface area contributed by atoms with Gasteiger partial charge in [-0.2, -0.15) is 5.26 Å². The lowest BCUT2D eigenvalue weighted by molar-refractivity contribution is 0.163. The van der Waals surface area contributed by atoms with Crippen LogP contribution in [0.25, 0.3) is 0 Å². The van der Waals surface area contributed by atoms with E-state index in [1.807, 2.05) is 63.2 Å². The molecule has 0 unspecified atom stereocenters. The Morgan fingerprint density at radius 1 is 1.00 bits per heavy atom. The Morgan fingerprint density at radius 2 is 1.55 bits per heavy atom. The van der Waals surface area contributed by atoms with Gasteiger partial charge < -0.3 is 5.11 Å². The number of aliphatic hydroxyl groups is 1. The normalized spacial score (nSPS) is 13.6. The Labute approximate surface area is 120 Å². The second kappa shape index (κ2) is 5.90. The number of nitriles is 1. The molecule has 0 saturated carbocycles. The second-order valence-electron chi connectivity index (χ2n) is 5.27. The first-order valence-electron chi connectivity index (χ1n) is 6.75. The molecule has 0 fully saturated rings. The molecule has 2 aromatic carbocycles. The maximum absolute atomic E-state index is 10.7. The smallest absolute Gasteiger partial charge is 0.101 e. The fourth-order valence-corrected chi connectivity index (χ4v) is 2.81. The Balaban J connectivity index is 2.45. The summed E-state index contributed by atoms with van der Waals surface area (Å²) in [6.45, 7) is 6.01. The van der Waals surface area contributed by atoms with Crippen LogP contribution in [-0.4, -0.2) is 5.11 Å². The van der Waals surface area contributed by atoms with Gasteiger partial charge in [0, 0.05) is 0 Å². The lowest BCUT2D eigenvalue weighted by atomic mass is 9.85. The Hall–Kier alpha value is -2.11. The molecule has 2 heteroatoms. The number of benzene rings is 2. The van der Waals surface area contributed by atoms with Crippen LogP contribution in [-0.2, 0) is 0 Å². The number of aryl methyl sites for hydroxylation is 3. The van der Waals surface area contributed by atoms with Gasteiger partial charge in [0.2, 0.25) is 0 Å². The minimum absolute atomic E-state index is 0.545. The van der Waals surface area contributed by atoms with E-state index in [0.29, 0.717) is 0 Å². The lowest BCUT2D eigenvalue weighted by Crippen LogP contribution is -2.12. The number of rotatable bonds is 3. The van der Waals surface area contributed by atoms with E-state index < -0.39 is 12.0 Å². The minimum atomic E-state index is -0.803. The van der Waals surface area contributed by atoms with Crippen molar-refractivity contribution < 1.29 is 5.11 Å². The van der Waals surface area contributed by atoms with Crippen LogP contribution in [0.3, 0.4) is 0 Å². The Bertz CT molecular complexity index is 617. The van der Waals surface area contributed by atoms with Crippen LogP contribution >= 0.6 is 0 Å². The van der Waals surface area contributed by atoms with Gasteiger partial charge in [0.1, 0.15) is 5.92 Å². The summed E-state index contributed by atoms with van der Waals surface area (Å²) < 4.78 is 0. The van der Waals surface area contributed by atoms with Crippen molar-refractivity contribution in [1.82, 2.24) is 0 Å². The zero-order valence-electron chi connectivity index (χ0n) is 12.1. The molecule has 0 aliphatic carbocycles. The maximum Gasteiger partial charge on any atom is 0.101 e. The van der Waals surface area contributed by atoms with E-state index in [2.05, 4.69) is 6.07 Å². The van der Waals surface area contributed by atoms with Gasteiger partial charge in [-0.15, -0.1) is 0 Å². The summed E-state index contributed by atoms with van der Waals surface area (Å²) in [6, 6.07) is 15.8. The third kappa shape index (κ3) is 2.74. The van der Waals surface area contributed by atoms with Gasteiger partial charge >= 0.3 is 0 Å². The van der Waals surface area contributed by atoms with Crippen LogP contribution < -0.4 is 0 Å². The average Bonchev–Trinajstić information content (AvgIpc) is 2.39. The first kappa shape index (κ1) is 14.3. The van der Waals surface area contributed by atoms with E-state index in [0.717, 1.165) is 22.3 Å². The van der Waals surface area contributed by atoms with Crippen LogP contribution in [0.15, 0.2) is 42.5 Å². The first-order chi connectivity index (χ1) is 9.54. The van der Waals surface area contributed by atoms with Gasteiger partial charge in [-0.25, -0.2) is 0 Å². The predicted octanol–water partition coefficient (Wildman–Crippen LogP) is 3.95. The molecule has 2 nitrogen and oxygen atoms in total. The summed E-state index contributed by atoms with van der Waals surface area (Å²) in [5.41, 5.74) is 4.95. The molecule has 1 N–H and O–H groups in total. The van der Waals surface area contributed by atoms with E-state index >= 15 is 0 Å². The first-order valence-corrected chi connectivity index (χ1v) is 6.75. The lowest BCUT2D eigenvalue weighted by Gasteiger charge is -2.22. The molecule has 0 aliphatic heterocycles. The SMILES string of the molecule is Cc1cc(C)c([C@@H](O)[C@@H](C#N)c2ccccc2)c(C)c1. The summed E-state index contributed by atoms with van der Waals surface area (Å²) >= 11 is 0. The molecular formula is C18H19NO. The number of hydrogen-bond acceptors (Lipinski definition) is 2. The molecule has 0 amide bonds. The van der Waals surface area contributed by atoms with Crippen molar-refractivity contribution in [2.75, 3.05) is 0 Å². The molecule has 0 radical (unpaired) electrons. The summed E-state index contributed by atoms with van der Waals surface area (Å²) in [6.07, 6.45) is -0.803. The van der Waals surface area contributed by atoms with E-state index in [1.165, 1.54) is 5.56 Å². The second-order valence-corrected chi connectivity index (χ2v) is 5.27. The van der Waals surface area contributed by atoms with Crippen LogP contribution in [0.5, 0.6) is 0 Å². The standard InChI is InChI=1S/C18H19NO/c1-12-9-13(2)17(14(3)10-12)18(20)16(11-19)15-7-5-4-6-8-15/h4-10,16,18,20H,1-3H3/t16-,18-/m0/s1. The Morgan fingerprint density at radius 3 is 2.05 bits per heavy atom. The Kier molecular flexibility index (Phi) is 4.22. The highest BCUT2D eigenvalue weighted by Crippen LogP contribution is 2.34. The quantitative estimate of drug-likeness (QED) is 0.913. The molecule has 0 saturated heterocycles.